The van der Waals surface area contributed by atoms with Gasteiger partial charge in [-0.15, -0.1) is 0 Å². The van der Waals surface area contributed by atoms with Gasteiger partial charge in [-0.2, -0.15) is 4.57 Å². The molecule has 4 rings (SSSR count). The third-order valence-electron chi connectivity index (χ3n) is 5.78. The van der Waals surface area contributed by atoms with E-state index in [4.69, 9.17) is 5.73 Å². The molecule has 0 spiro atoms. The number of para-hydroxylation sites is 2. The van der Waals surface area contributed by atoms with Crippen molar-refractivity contribution in [2.24, 2.45) is 5.73 Å². The lowest BCUT2D eigenvalue weighted by atomic mass is 10.1. The van der Waals surface area contributed by atoms with Gasteiger partial charge in [-0.05, 0) is 42.7 Å². The molecule has 1 aliphatic rings. The van der Waals surface area contributed by atoms with Gasteiger partial charge in [-0.3, -0.25) is 4.79 Å². The maximum Gasteiger partial charge on any atom is 0.220 e. The largest absolute Gasteiger partial charge is 0.355 e. The number of nitrogens with two attached hydrogens (primary N) is 1. The fraction of sp³-hybridized carbons (Fsp3) is 0.308. The Kier molecular flexibility index (Phi) is 7.45. The molecule has 0 radical (unpaired) electrons. The topological polar surface area (TPSA) is 62.2 Å². The fourth-order valence-electron chi connectivity index (χ4n) is 4.05. The zero-order chi connectivity index (χ0) is 22.3. The Morgan fingerprint density at radius 2 is 1.91 bits per heavy atom. The summed E-state index contributed by atoms with van der Waals surface area (Å²) in [7, 11) is 2.13. The molecule has 3 N–H and O–H groups in total. The molecule has 0 aliphatic carbocycles. The molecule has 1 aromatic heterocycles. The number of amides is 1. The second kappa shape index (κ2) is 10.7. The Bertz CT molecular complexity index is 1130. The minimum absolute atomic E-state index is 0.0999. The van der Waals surface area contributed by atoms with Gasteiger partial charge >= 0.3 is 0 Å². The van der Waals surface area contributed by atoms with Gasteiger partial charge in [0.1, 0.15) is 6.54 Å². The number of carbonyl (C=O) groups excluding carboxylic acids is 1. The van der Waals surface area contributed by atoms with Gasteiger partial charge in [0, 0.05) is 50.0 Å². The van der Waals surface area contributed by atoms with Crippen LogP contribution in [0.4, 0.5) is 5.69 Å². The molecule has 166 valence electrons. The van der Waals surface area contributed by atoms with E-state index in [9.17, 15) is 4.79 Å². The predicted molar refractivity (Wildman–Crippen MR) is 133 cm³/mol. The van der Waals surface area contributed by atoms with Crippen LogP contribution in [-0.2, 0) is 11.3 Å². The number of nitrogens with zero attached hydrogens (tertiary/aromatic N) is 2. The molecule has 1 aliphatic heterocycles. The Morgan fingerprint density at radius 3 is 2.75 bits per heavy atom. The molecule has 3 aromatic rings. The zero-order valence-electron chi connectivity index (χ0n) is 18.6. The Morgan fingerprint density at radius 1 is 1.09 bits per heavy atom. The smallest absolute Gasteiger partial charge is 0.220 e. The number of benzene rings is 2. The fourth-order valence-corrected chi connectivity index (χ4v) is 5.16. The van der Waals surface area contributed by atoms with E-state index in [0.29, 0.717) is 19.5 Å². The number of thioether (sulfide) groups is 1. The summed E-state index contributed by atoms with van der Waals surface area (Å²) in [4.78, 5) is 15.3. The summed E-state index contributed by atoms with van der Waals surface area (Å²) in [6, 6.07) is 19.3. The Hall–Kier alpha value is -2.83. The van der Waals surface area contributed by atoms with Crippen LogP contribution in [0, 0.1) is 0 Å². The van der Waals surface area contributed by atoms with Crippen LogP contribution >= 0.6 is 11.8 Å². The maximum atomic E-state index is 11.7. The summed E-state index contributed by atoms with van der Waals surface area (Å²) in [5.41, 5.74) is 9.15. The first-order valence-corrected chi connectivity index (χ1v) is 12.1. The molecule has 0 unspecified atom stereocenters. The second-order valence-corrected chi connectivity index (χ2v) is 9.10. The number of nitrogens with one attached hydrogen (secondary N) is 1. The lowest BCUT2D eigenvalue weighted by molar-refractivity contribution is -0.671. The van der Waals surface area contributed by atoms with E-state index in [-0.39, 0.29) is 5.91 Å². The van der Waals surface area contributed by atoms with E-state index >= 15 is 0 Å². The van der Waals surface area contributed by atoms with Gasteiger partial charge in [-0.1, -0.05) is 36.0 Å². The predicted octanol–water partition coefficient (Wildman–Crippen LogP) is 4.30. The van der Waals surface area contributed by atoms with E-state index in [1.54, 1.807) is 0 Å². The SMILES string of the molecule is CN1C(=Cc2cc[n+](CCCCCC(=O)NCCN)c3ccccc23)Sc2ccccc21. The minimum atomic E-state index is 0.0999. The molecular formula is C26H31N4OS+. The lowest BCUT2D eigenvalue weighted by Crippen LogP contribution is -2.34. The van der Waals surface area contributed by atoms with Crippen LogP contribution in [0.2, 0.25) is 0 Å². The van der Waals surface area contributed by atoms with Crippen LogP contribution in [0.3, 0.4) is 0 Å². The highest BCUT2D eigenvalue weighted by atomic mass is 32.2. The molecule has 0 saturated carbocycles. The van der Waals surface area contributed by atoms with Gasteiger partial charge in [0.25, 0.3) is 0 Å². The molecule has 5 nitrogen and oxygen atoms in total. The first-order valence-electron chi connectivity index (χ1n) is 11.3. The van der Waals surface area contributed by atoms with Gasteiger partial charge in [0.05, 0.1) is 16.1 Å². The number of aryl methyl sites for hydroxylation is 1. The zero-order valence-corrected chi connectivity index (χ0v) is 19.4. The monoisotopic (exact) mass is 447 g/mol. The number of fused-ring (bicyclic) bond motifs is 2. The normalized spacial score (nSPS) is 14.2. The number of pyridine rings is 1. The third kappa shape index (κ3) is 5.14. The summed E-state index contributed by atoms with van der Waals surface area (Å²) in [5, 5.41) is 5.33. The van der Waals surface area contributed by atoms with Crippen molar-refractivity contribution >= 4 is 40.3 Å². The molecule has 0 fully saturated rings. The average Bonchev–Trinajstić information content (AvgIpc) is 3.14. The first kappa shape index (κ1) is 22.4. The van der Waals surface area contributed by atoms with Gasteiger partial charge in [0.2, 0.25) is 11.4 Å². The minimum Gasteiger partial charge on any atom is -0.355 e. The molecule has 32 heavy (non-hydrogen) atoms. The number of rotatable bonds is 9. The highest BCUT2D eigenvalue weighted by Gasteiger charge is 2.22. The number of hydrogen-bond donors (Lipinski definition) is 2. The third-order valence-corrected chi connectivity index (χ3v) is 6.94. The van der Waals surface area contributed by atoms with Crippen molar-refractivity contribution < 1.29 is 9.36 Å². The number of aromatic nitrogens is 1. The van der Waals surface area contributed by atoms with Crippen molar-refractivity contribution in [3.05, 3.63) is 71.4 Å². The maximum absolute atomic E-state index is 11.7. The van der Waals surface area contributed by atoms with Crippen molar-refractivity contribution in [2.45, 2.75) is 37.1 Å². The van der Waals surface area contributed by atoms with Crippen molar-refractivity contribution in [3.63, 3.8) is 0 Å². The van der Waals surface area contributed by atoms with Crippen LogP contribution in [0.5, 0.6) is 0 Å². The molecule has 6 heteroatoms. The number of anilines is 1. The van der Waals surface area contributed by atoms with Crippen LogP contribution in [0.25, 0.3) is 17.0 Å². The number of carbonyl (C=O) groups is 1. The van der Waals surface area contributed by atoms with Gasteiger partial charge < -0.3 is 16.0 Å². The average molecular weight is 448 g/mol. The Balaban J connectivity index is 1.44. The van der Waals surface area contributed by atoms with E-state index in [2.05, 4.69) is 88.7 Å². The second-order valence-electron chi connectivity index (χ2n) is 8.04. The molecule has 1 amide bonds. The quantitative estimate of drug-likeness (QED) is 0.379. The summed E-state index contributed by atoms with van der Waals surface area (Å²) in [6.07, 6.45) is 8.04. The molecular weight excluding hydrogens is 416 g/mol. The van der Waals surface area contributed by atoms with Crippen LogP contribution in [0.1, 0.15) is 31.2 Å². The standard InChI is InChI=1S/C26H30N4OS/c1-29-23-11-6-7-12-24(23)32-26(29)19-20-14-18-30(22-10-5-4-9-21(20)22)17-8-2-3-13-25(31)28-16-15-27/h4-7,9-12,14,18-19H,2-3,8,13,15-17,27H2,1H3/p+1. The highest BCUT2D eigenvalue weighted by molar-refractivity contribution is 8.03. The van der Waals surface area contributed by atoms with E-state index in [1.807, 2.05) is 11.8 Å². The van der Waals surface area contributed by atoms with Gasteiger partial charge in [-0.25, -0.2) is 0 Å². The highest BCUT2D eigenvalue weighted by Crippen LogP contribution is 2.45. The van der Waals surface area contributed by atoms with Crippen molar-refractivity contribution in [1.29, 1.82) is 0 Å². The molecule has 0 saturated heterocycles. The Labute approximate surface area is 194 Å². The van der Waals surface area contributed by atoms with Crippen LogP contribution < -0.4 is 20.5 Å². The van der Waals surface area contributed by atoms with E-state index in [1.165, 1.54) is 32.1 Å². The summed E-state index contributed by atoms with van der Waals surface area (Å²) in [6.45, 7) is 2.00. The van der Waals surface area contributed by atoms with Crippen molar-refractivity contribution in [3.8, 4) is 0 Å². The molecule has 2 aromatic carbocycles. The first-order chi connectivity index (χ1) is 15.7. The van der Waals surface area contributed by atoms with E-state index in [0.717, 1.165) is 25.8 Å². The summed E-state index contributed by atoms with van der Waals surface area (Å²) in [5.74, 6) is 0.0999. The van der Waals surface area contributed by atoms with Crippen molar-refractivity contribution in [1.82, 2.24) is 5.32 Å². The van der Waals surface area contributed by atoms with Crippen LogP contribution in [0.15, 0.2) is 70.7 Å². The van der Waals surface area contributed by atoms with Crippen LogP contribution in [-0.4, -0.2) is 26.0 Å². The van der Waals surface area contributed by atoms with Gasteiger partial charge in [0.15, 0.2) is 6.20 Å². The van der Waals surface area contributed by atoms with E-state index < -0.39 is 0 Å². The van der Waals surface area contributed by atoms with Crippen molar-refractivity contribution in [2.75, 3.05) is 25.0 Å². The molecule has 2 heterocycles. The summed E-state index contributed by atoms with van der Waals surface area (Å²) >= 11 is 1.82. The lowest BCUT2D eigenvalue weighted by Gasteiger charge is -2.13. The summed E-state index contributed by atoms with van der Waals surface area (Å²) < 4.78 is 2.33. The number of hydrogen-bond acceptors (Lipinski definition) is 4. The molecule has 0 bridgehead atoms. The number of unbranched alkanes of at least 4 members (excludes halogenated alkanes) is 2. The molecule has 0 atom stereocenters.